The first-order valence-corrected chi connectivity index (χ1v) is 8.32. The first-order valence-electron chi connectivity index (χ1n) is 8.32. The molecule has 2 aromatic rings. The van der Waals surface area contributed by atoms with Gasteiger partial charge in [0.15, 0.2) is 0 Å². The fourth-order valence-electron chi connectivity index (χ4n) is 3.38. The molecule has 1 aliphatic carbocycles. The molecular formula is C18H27N3. The van der Waals surface area contributed by atoms with Crippen LogP contribution in [0.3, 0.4) is 0 Å². The smallest absolute Gasteiger partial charge is 0.0961 e. The normalized spacial score (nSPS) is 18.2. The standard InChI is InChI=1S/C18H27N3/c1-13-9-17-18(10-14(13)2)21(12-20-17)15(3)11-19-16-7-5-4-6-8-16/h9-10,12,15-16,19H,4-8,11H2,1-3H3. The molecule has 0 amide bonds. The molecule has 1 heterocycles. The Morgan fingerprint density at radius 2 is 1.90 bits per heavy atom. The molecule has 114 valence electrons. The zero-order valence-electron chi connectivity index (χ0n) is 13.5. The van der Waals surface area contributed by atoms with E-state index in [1.54, 1.807) is 0 Å². The molecule has 0 aliphatic heterocycles. The van der Waals surface area contributed by atoms with Gasteiger partial charge in [-0.1, -0.05) is 19.3 Å². The Kier molecular flexibility index (Phi) is 4.29. The first kappa shape index (κ1) is 14.6. The summed E-state index contributed by atoms with van der Waals surface area (Å²) in [6.45, 7) is 7.65. The van der Waals surface area contributed by atoms with Gasteiger partial charge in [0.2, 0.25) is 0 Å². The average Bonchev–Trinajstić information content (AvgIpc) is 2.89. The summed E-state index contributed by atoms with van der Waals surface area (Å²) < 4.78 is 2.32. The Bertz CT molecular complexity index is 608. The van der Waals surface area contributed by atoms with Crippen LogP contribution in [0.15, 0.2) is 18.5 Å². The van der Waals surface area contributed by atoms with Gasteiger partial charge >= 0.3 is 0 Å². The third-order valence-electron chi connectivity index (χ3n) is 4.97. The van der Waals surface area contributed by atoms with E-state index in [-0.39, 0.29) is 0 Å². The number of aryl methyl sites for hydroxylation is 2. The SMILES string of the molecule is Cc1cc2ncn(C(C)CNC3CCCCC3)c2cc1C. The molecule has 1 unspecified atom stereocenters. The maximum absolute atomic E-state index is 4.57. The van der Waals surface area contributed by atoms with Crippen molar-refractivity contribution in [3.8, 4) is 0 Å². The monoisotopic (exact) mass is 285 g/mol. The Hall–Kier alpha value is -1.35. The highest BCUT2D eigenvalue weighted by Crippen LogP contribution is 2.22. The van der Waals surface area contributed by atoms with Crippen LogP contribution in [0.25, 0.3) is 11.0 Å². The molecule has 1 aromatic carbocycles. The predicted molar refractivity (Wildman–Crippen MR) is 88.8 cm³/mol. The fraction of sp³-hybridized carbons (Fsp3) is 0.611. The molecule has 0 radical (unpaired) electrons. The number of rotatable bonds is 4. The lowest BCUT2D eigenvalue weighted by molar-refractivity contribution is 0.352. The third kappa shape index (κ3) is 3.13. The van der Waals surface area contributed by atoms with Gasteiger partial charge < -0.3 is 9.88 Å². The van der Waals surface area contributed by atoms with Crippen molar-refractivity contribution >= 4 is 11.0 Å². The third-order valence-corrected chi connectivity index (χ3v) is 4.97. The van der Waals surface area contributed by atoms with Gasteiger partial charge in [-0.15, -0.1) is 0 Å². The van der Waals surface area contributed by atoms with Gasteiger partial charge in [-0.25, -0.2) is 4.98 Å². The van der Waals surface area contributed by atoms with Crippen LogP contribution in [-0.4, -0.2) is 22.1 Å². The van der Waals surface area contributed by atoms with Crippen molar-refractivity contribution in [2.75, 3.05) is 6.54 Å². The predicted octanol–water partition coefficient (Wildman–Crippen LogP) is 4.14. The van der Waals surface area contributed by atoms with Gasteiger partial charge in [0, 0.05) is 18.6 Å². The minimum atomic E-state index is 0.444. The molecule has 1 fully saturated rings. The molecule has 3 nitrogen and oxygen atoms in total. The van der Waals surface area contributed by atoms with E-state index in [0.717, 1.165) is 18.1 Å². The number of imidazole rings is 1. The molecule has 3 heteroatoms. The number of hydrogen-bond acceptors (Lipinski definition) is 2. The second-order valence-corrected chi connectivity index (χ2v) is 6.67. The maximum Gasteiger partial charge on any atom is 0.0961 e. The van der Waals surface area contributed by atoms with E-state index in [9.17, 15) is 0 Å². The van der Waals surface area contributed by atoms with E-state index in [0.29, 0.717) is 6.04 Å². The van der Waals surface area contributed by atoms with Gasteiger partial charge in [-0.2, -0.15) is 0 Å². The van der Waals surface area contributed by atoms with Crippen LogP contribution in [0.2, 0.25) is 0 Å². The summed E-state index contributed by atoms with van der Waals surface area (Å²) in [6, 6.07) is 5.64. The van der Waals surface area contributed by atoms with E-state index < -0.39 is 0 Å². The molecule has 0 saturated heterocycles. The van der Waals surface area contributed by atoms with Crippen molar-refractivity contribution in [3.05, 3.63) is 29.6 Å². The van der Waals surface area contributed by atoms with Gasteiger partial charge in [0.25, 0.3) is 0 Å². The minimum Gasteiger partial charge on any atom is -0.326 e. The van der Waals surface area contributed by atoms with Crippen molar-refractivity contribution in [2.24, 2.45) is 0 Å². The largest absolute Gasteiger partial charge is 0.326 e. The summed E-state index contributed by atoms with van der Waals surface area (Å²) >= 11 is 0. The number of fused-ring (bicyclic) bond motifs is 1. The van der Waals surface area contributed by atoms with Crippen LogP contribution in [-0.2, 0) is 0 Å². The van der Waals surface area contributed by atoms with E-state index in [4.69, 9.17) is 0 Å². The van der Waals surface area contributed by atoms with E-state index in [2.05, 4.69) is 47.8 Å². The summed E-state index contributed by atoms with van der Waals surface area (Å²) in [5.41, 5.74) is 5.04. The number of hydrogen-bond donors (Lipinski definition) is 1. The summed E-state index contributed by atoms with van der Waals surface area (Å²) in [5, 5.41) is 3.75. The minimum absolute atomic E-state index is 0.444. The zero-order chi connectivity index (χ0) is 14.8. The summed E-state index contributed by atoms with van der Waals surface area (Å²) in [6.07, 6.45) is 8.87. The fourth-order valence-corrected chi connectivity index (χ4v) is 3.38. The van der Waals surface area contributed by atoms with Crippen LogP contribution in [0.1, 0.15) is 56.2 Å². The van der Waals surface area contributed by atoms with Crippen LogP contribution in [0.4, 0.5) is 0 Å². The molecule has 3 rings (SSSR count). The van der Waals surface area contributed by atoms with Gasteiger partial charge in [0.1, 0.15) is 0 Å². The highest BCUT2D eigenvalue weighted by Gasteiger charge is 2.15. The molecule has 1 N–H and O–H groups in total. The lowest BCUT2D eigenvalue weighted by Gasteiger charge is -2.25. The van der Waals surface area contributed by atoms with Gasteiger partial charge in [0.05, 0.1) is 17.4 Å². The van der Waals surface area contributed by atoms with Crippen LogP contribution in [0.5, 0.6) is 0 Å². The summed E-state index contributed by atoms with van der Waals surface area (Å²) in [7, 11) is 0. The van der Waals surface area contributed by atoms with Crippen LogP contribution >= 0.6 is 0 Å². The van der Waals surface area contributed by atoms with Crippen LogP contribution < -0.4 is 5.32 Å². The van der Waals surface area contributed by atoms with Crippen molar-refractivity contribution in [1.82, 2.24) is 14.9 Å². The van der Waals surface area contributed by atoms with Gasteiger partial charge in [-0.05, 0) is 56.9 Å². The van der Waals surface area contributed by atoms with Crippen molar-refractivity contribution in [2.45, 2.75) is 65.0 Å². The Morgan fingerprint density at radius 3 is 2.67 bits per heavy atom. The number of nitrogens with zero attached hydrogens (tertiary/aromatic N) is 2. The van der Waals surface area contributed by atoms with Crippen molar-refractivity contribution < 1.29 is 0 Å². The number of nitrogens with one attached hydrogen (secondary N) is 1. The maximum atomic E-state index is 4.57. The van der Waals surface area contributed by atoms with Crippen molar-refractivity contribution in [1.29, 1.82) is 0 Å². The lowest BCUT2D eigenvalue weighted by atomic mass is 9.95. The Balaban J connectivity index is 1.72. The van der Waals surface area contributed by atoms with Gasteiger partial charge in [-0.3, -0.25) is 0 Å². The molecule has 1 atom stereocenters. The van der Waals surface area contributed by atoms with E-state index >= 15 is 0 Å². The summed E-state index contributed by atoms with van der Waals surface area (Å²) in [4.78, 5) is 4.57. The second kappa shape index (κ2) is 6.18. The quantitative estimate of drug-likeness (QED) is 0.915. The molecule has 1 saturated carbocycles. The zero-order valence-corrected chi connectivity index (χ0v) is 13.5. The molecule has 1 aromatic heterocycles. The lowest BCUT2D eigenvalue weighted by Crippen LogP contribution is -2.34. The van der Waals surface area contributed by atoms with E-state index in [1.807, 2.05) is 6.33 Å². The molecule has 0 spiro atoms. The first-order chi connectivity index (χ1) is 10.1. The Morgan fingerprint density at radius 1 is 1.19 bits per heavy atom. The number of benzene rings is 1. The molecular weight excluding hydrogens is 258 g/mol. The van der Waals surface area contributed by atoms with E-state index in [1.165, 1.54) is 48.7 Å². The molecule has 21 heavy (non-hydrogen) atoms. The number of aromatic nitrogens is 2. The van der Waals surface area contributed by atoms with Crippen molar-refractivity contribution in [3.63, 3.8) is 0 Å². The average molecular weight is 285 g/mol. The highest BCUT2D eigenvalue weighted by molar-refractivity contribution is 5.77. The molecule has 1 aliphatic rings. The Labute approximate surface area is 127 Å². The topological polar surface area (TPSA) is 29.9 Å². The highest BCUT2D eigenvalue weighted by atomic mass is 15.1. The second-order valence-electron chi connectivity index (χ2n) is 6.67. The summed E-state index contributed by atoms with van der Waals surface area (Å²) in [5.74, 6) is 0. The molecule has 0 bridgehead atoms. The van der Waals surface area contributed by atoms with Crippen LogP contribution in [0, 0.1) is 13.8 Å².